The molecule has 0 bridgehead atoms. The molecule has 3 heterocycles. The van der Waals surface area contributed by atoms with Gasteiger partial charge < -0.3 is 4.57 Å². The van der Waals surface area contributed by atoms with Crippen LogP contribution in [-0.4, -0.2) is 14.5 Å². The van der Waals surface area contributed by atoms with Gasteiger partial charge in [0.2, 0.25) is 0 Å². The van der Waals surface area contributed by atoms with Crippen LogP contribution in [0, 0.1) is 0 Å². The molecule has 4 aromatic rings. The summed E-state index contributed by atoms with van der Waals surface area (Å²) in [5.41, 5.74) is 7.16. The zero-order chi connectivity index (χ0) is 15.7. The van der Waals surface area contributed by atoms with E-state index < -0.39 is 0 Å². The van der Waals surface area contributed by atoms with Crippen LogP contribution in [0.4, 0.5) is 0 Å². The monoisotopic (exact) mass is 307 g/mol. The summed E-state index contributed by atoms with van der Waals surface area (Å²) in [6.07, 6.45) is 6.58. The average molecular weight is 307 g/mol. The summed E-state index contributed by atoms with van der Waals surface area (Å²) in [6, 6.07) is 20.9. The molecular weight excluding hydrogens is 294 g/mol. The van der Waals surface area contributed by atoms with Crippen LogP contribution in [0.2, 0.25) is 0 Å². The maximum absolute atomic E-state index is 5.05. The Bertz CT molecular complexity index is 1170. The maximum Gasteiger partial charge on any atom is 0.133 e. The Balaban J connectivity index is 1.82. The van der Waals surface area contributed by atoms with Crippen molar-refractivity contribution < 1.29 is 0 Å². The van der Waals surface area contributed by atoms with E-state index in [0.29, 0.717) is 0 Å². The average Bonchev–Trinajstić information content (AvgIpc) is 3.30. The molecule has 1 atom stereocenters. The molecular formula is C21H13N3. The van der Waals surface area contributed by atoms with Crippen LogP contribution in [0.1, 0.15) is 17.0 Å². The lowest BCUT2D eigenvalue weighted by Crippen LogP contribution is -2.30. The van der Waals surface area contributed by atoms with Gasteiger partial charge >= 0.3 is 0 Å². The quantitative estimate of drug-likeness (QED) is 0.487. The zero-order valence-electron chi connectivity index (χ0n) is 12.8. The SMILES string of the molecule is C1=CC2(c3ccccc3-c3nc4ccccc4nc32)n2cccc21. The Morgan fingerprint density at radius 2 is 1.58 bits per heavy atom. The molecule has 112 valence electrons. The number of nitrogens with zero attached hydrogens (tertiary/aromatic N) is 3. The third-order valence-electron chi connectivity index (χ3n) is 5.18. The molecule has 0 N–H and O–H groups in total. The van der Waals surface area contributed by atoms with Crippen molar-refractivity contribution in [2.45, 2.75) is 5.54 Å². The van der Waals surface area contributed by atoms with Crippen LogP contribution >= 0.6 is 0 Å². The van der Waals surface area contributed by atoms with Gasteiger partial charge in [0.25, 0.3) is 0 Å². The molecule has 6 rings (SSSR count). The van der Waals surface area contributed by atoms with Crippen molar-refractivity contribution in [3.63, 3.8) is 0 Å². The van der Waals surface area contributed by atoms with E-state index in [4.69, 9.17) is 9.97 Å². The number of fused-ring (bicyclic) bond motifs is 8. The number of hydrogen-bond acceptors (Lipinski definition) is 2. The summed E-state index contributed by atoms with van der Waals surface area (Å²) >= 11 is 0. The molecule has 3 heteroatoms. The Hall–Kier alpha value is -3.20. The first-order valence-electron chi connectivity index (χ1n) is 8.12. The minimum atomic E-state index is -0.373. The molecule has 0 saturated carbocycles. The second kappa shape index (κ2) is 4.01. The maximum atomic E-state index is 5.05. The number of allylic oxidation sites excluding steroid dienone is 1. The van der Waals surface area contributed by atoms with Crippen LogP contribution in [-0.2, 0) is 5.54 Å². The molecule has 2 aliphatic rings. The summed E-state index contributed by atoms with van der Waals surface area (Å²) in [5.74, 6) is 0. The first kappa shape index (κ1) is 12.3. The number of para-hydroxylation sites is 2. The smallest absolute Gasteiger partial charge is 0.133 e. The molecule has 2 aromatic heterocycles. The normalized spacial score (nSPS) is 19.7. The van der Waals surface area contributed by atoms with Crippen molar-refractivity contribution in [2.75, 3.05) is 0 Å². The van der Waals surface area contributed by atoms with Gasteiger partial charge in [0.05, 0.1) is 16.7 Å². The zero-order valence-corrected chi connectivity index (χ0v) is 12.8. The largest absolute Gasteiger partial charge is 0.328 e. The molecule has 24 heavy (non-hydrogen) atoms. The first-order valence-corrected chi connectivity index (χ1v) is 8.12. The molecule has 2 aromatic carbocycles. The van der Waals surface area contributed by atoms with Crippen molar-refractivity contribution >= 4 is 17.1 Å². The van der Waals surface area contributed by atoms with Crippen LogP contribution < -0.4 is 0 Å². The van der Waals surface area contributed by atoms with E-state index in [9.17, 15) is 0 Å². The third kappa shape index (κ3) is 1.26. The predicted octanol–water partition coefficient (Wildman–Crippen LogP) is 4.23. The minimum absolute atomic E-state index is 0.373. The van der Waals surface area contributed by atoms with E-state index in [1.165, 1.54) is 16.8 Å². The van der Waals surface area contributed by atoms with Crippen molar-refractivity contribution in [2.24, 2.45) is 0 Å². The van der Waals surface area contributed by atoms with E-state index in [1.54, 1.807) is 0 Å². The Morgan fingerprint density at radius 3 is 2.50 bits per heavy atom. The lowest BCUT2D eigenvalue weighted by molar-refractivity contribution is 0.550. The summed E-state index contributed by atoms with van der Waals surface area (Å²) in [4.78, 5) is 10.0. The van der Waals surface area contributed by atoms with Crippen molar-refractivity contribution in [1.82, 2.24) is 14.5 Å². The summed E-state index contributed by atoms with van der Waals surface area (Å²) in [6.45, 7) is 0. The molecule has 0 fully saturated rings. The Morgan fingerprint density at radius 1 is 0.792 bits per heavy atom. The number of rotatable bonds is 0. The molecule has 3 nitrogen and oxygen atoms in total. The molecule has 1 unspecified atom stereocenters. The van der Waals surface area contributed by atoms with Crippen LogP contribution in [0.25, 0.3) is 28.4 Å². The van der Waals surface area contributed by atoms with E-state index in [1.807, 2.05) is 24.3 Å². The highest BCUT2D eigenvalue weighted by Crippen LogP contribution is 2.52. The third-order valence-corrected chi connectivity index (χ3v) is 5.18. The number of aromatic nitrogens is 3. The predicted molar refractivity (Wildman–Crippen MR) is 94.6 cm³/mol. The fourth-order valence-corrected chi connectivity index (χ4v) is 4.15. The van der Waals surface area contributed by atoms with Crippen LogP contribution in [0.3, 0.4) is 0 Å². The highest BCUT2D eigenvalue weighted by atomic mass is 15.1. The van der Waals surface area contributed by atoms with Gasteiger partial charge in [0.1, 0.15) is 11.2 Å². The molecule has 1 spiro atoms. The summed E-state index contributed by atoms with van der Waals surface area (Å²) in [5, 5.41) is 0. The highest BCUT2D eigenvalue weighted by Gasteiger charge is 2.47. The lowest BCUT2D eigenvalue weighted by atomic mass is 9.91. The van der Waals surface area contributed by atoms with Crippen molar-refractivity contribution in [3.8, 4) is 11.3 Å². The van der Waals surface area contributed by atoms with Gasteiger partial charge in [-0.1, -0.05) is 36.4 Å². The Kier molecular flexibility index (Phi) is 2.04. The molecule has 0 amide bonds. The minimum Gasteiger partial charge on any atom is -0.328 e. The van der Waals surface area contributed by atoms with Gasteiger partial charge in [-0.15, -0.1) is 0 Å². The number of hydrogen-bond donors (Lipinski definition) is 0. The standard InChI is InChI=1S/C21H13N3/c1-2-8-16-15(7-1)19-20(23-18-10-4-3-9-17(18)22-19)21(16)12-11-14-6-5-13-24(14)21/h1-13H. The van der Waals surface area contributed by atoms with E-state index in [0.717, 1.165) is 22.4 Å². The van der Waals surface area contributed by atoms with Gasteiger partial charge in [-0.05, 0) is 42.0 Å². The second-order valence-electron chi connectivity index (χ2n) is 6.36. The van der Waals surface area contributed by atoms with Gasteiger partial charge in [-0.2, -0.15) is 0 Å². The van der Waals surface area contributed by atoms with Gasteiger partial charge in [0, 0.05) is 17.5 Å². The van der Waals surface area contributed by atoms with E-state index >= 15 is 0 Å². The topological polar surface area (TPSA) is 30.7 Å². The lowest BCUT2D eigenvalue weighted by Gasteiger charge is -2.27. The van der Waals surface area contributed by atoms with Gasteiger partial charge in [-0.25, -0.2) is 9.97 Å². The molecule has 1 aliphatic carbocycles. The number of benzene rings is 2. The van der Waals surface area contributed by atoms with Crippen molar-refractivity contribution in [3.05, 3.63) is 89.9 Å². The molecule has 1 aliphatic heterocycles. The fraction of sp³-hybridized carbons (Fsp3) is 0.0476. The van der Waals surface area contributed by atoms with Gasteiger partial charge in [-0.3, -0.25) is 0 Å². The second-order valence-corrected chi connectivity index (χ2v) is 6.36. The van der Waals surface area contributed by atoms with Gasteiger partial charge in [0.15, 0.2) is 0 Å². The fourth-order valence-electron chi connectivity index (χ4n) is 4.15. The van der Waals surface area contributed by atoms with E-state index in [-0.39, 0.29) is 5.54 Å². The van der Waals surface area contributed by atoms with Crippen molar-refractivity contribution in [1.29, 1.82) is 0 Å². The van der Waals surface area contributed by atoms with Crippen LogP contribution in [0.15, 0.2) is 72.9 Å². The van der Waals surface area contributed by atoms with E-state index in [2.05, 4.69) is 59.3 Å². The highest BCUT2D eigenvalue weighted by molar-refractivity contribution is 5.86. The first-order chi connectivity index (χ1) is 11.9. The van der Waals surface area contributed by atoms with Crippen LogP contribution in [0.5, 0.6) is 0 Å². The summed E-state index contributed by atoms with van der Waals surface area (Å²) < 4.78 is 2.31. The molecule has 0 saturated heterocycles. The summed E-state index contributed by atoms with van der Waals surface area (Å²) in [7, 11) is 0. The Labute approximate surface area is 138 Å². The molecule has 0 radical (unpaired) electrons.